The van der Waals surface area contributed by atoms with Crippen molar-refractivity contribution in [3.63, 3.8) is 0 Å². The lowest BCUT2D eigenvalue weighted by atomic mass is 10.2. The van der Waals surface area contributed by atoms with Crippen molar-refractivity contribution in [1.29, 1.82) is 0 Å². The molecule has 114 valence electrons. The summed E-state index contributed by atoms with van der Waals surface area (Å²) in [6, 6.07) is -0.326. The first kappa shape index (κ1) is 16.8. The first-order chi connectivity index (χ1) is 9.60. The van der Waals surface area contributed by atoms with Crippen LogP contribution in [-0.4, -0.2) is 39.0 Å². The summed E-state index contributed by atoms with van der Waals surface area (Å²) in [5.41, 5.74) is 5.16. The van der Waals surface area contributed by atoms with E-state index in [1.165, 1.54) is 11.8 Å². The number of H-pyrrole nitrogens is 1. The summed E-state index contributed by atoms with van der Waals surface area (Å²) >= 11 is 1.46. The van der Waals surface area contributed by atoms with Gasteiger partial charge in [0, 0.05) is 12.3 Å². The second kappa shape index (κ2) is 8.80. The topological polar surface area (TPSA) is 106 Å². The van der Waals surface area contributed by atoms with Crippen molar-refractivity contribution in [2.75, 3.05) is 12.3 Å². The third-order valence-electron chi connectivity index (χ3n) is 2.79. The number of thioether (sulfide) groups is 1. The van der Waals surface area contributed by atoms with Crippen LogP contribution in [0.3, 0.4) is 0 Å². The smallest absolute Gasteiger partial charge is 0.343 e. The molecule has 0 aromatic carbocycles. The fraction of sp³-hybridized carbons (Fsp3) is 0.750. The molecule has 0 saturated carbocycles. The number of nitrogens with one attached hydrogen (secondary N) is 2. The molecule has 0 bridgehead atoms. The van der Waals surface area contributed by atoms with Gasteiger partial charge in [0.2, 0.25) is 5.91 Å². The van der Waals surface area contributed by atoms with E-state index in [1.807, 2.05) is 13.8 Å². The molecule has 0 spiro atoms. The molecule has 1 aromatic heterocycles. The number of aromatic amines is 1. The lowest BCUT2D eigenvalue weighted by Crippen LogP contribution is -2.42. The fourth-order valence-electron chi connectivity index (χ4n) is 1.77. The minimum Gasteiger partial charge on any atom is -0.368 e. The van der Waals surface area contributed by atoms with Gasteiger partial charge in [-0.05, 0) is 25.8 Å². The highest BCUT2D eigenvalue weighted by Crippen LogP contribution is 2.15. The standard InChI is InChI=1S/C12H23N5O2S/c1-3-6-14-9(10(13)18)5-8-20-12-16-15-11(19)17(12)7-4-2/h9,14H,3-8H2,1-2H3,(H2,13,18)(H,15,19). The molecule has 0 radical (unpaired) electrons. The molecule has 1 aromatic rings. The second-order valence-corrected chi connectivity index (χ2v) is 5.57. The molecular weight excluding hydrogens is 278 g/mol. The molecule has 1 atom stereocenters. The largest absolute Gasteiger partial charge is 0.368 e. The Bertz CT molecular complexity index is 471. The van der Waals surface area contributed by atoms with E-state index < -0.39 is 0 Å². The van der Waals surface area contributed by atoms with Crippen molar-refractivity contribution in [3.05, 3.63) is 10.5 Å². The van der Waals surface area contributed by atoms with Gasteiger partial charge in [0.05, 0.1) is 6.04 Å². The zero-order valence-electron chi connectivity index (χ0n) is 12.0. The molecule has 0 aliphatic rings. The maximum Gasteiger partial charge on any atom is 0.343 e. The van der Waals surface area contributed by atoms with Gasteiger partial charge >= 0.3 is 5.69 Å². The highest BCUT2D eigenvalue weighted by atomic mass is 32.2. The van der Waals surface area contributed by atoms with Crippen LogP contribution in [-0.2, 0) is 11.3 Å². The Labute approximate surface area is 122 Å². The quantitative estimate of drug-likeness (QED) is 0.540. The van der Waals surface area contributed by atoms with Crippen molar-refractivity contribution in [2.24, 2.45) is 5.73 Å². The Morgan fingerprint density at radius 3 is 2.85 bits per heavy atom. The number of nitrogens with zero attached hydrogens (tertiary/aromatic N) is 2. The highest BCUT2D eigenvalue weighted by molar-refractivity contribution is 7.99. The number of aromatic nitrogens is 3. The van der Waals surface area contributed by atoms with Gasteiger partial charge in [0.1, 0.15) is 0 Å². The average molecular weight is 301 g/mol. The van der Waals surface area contributed by atoms with E-state index in [-0.39, 0.29) is 17.6 Å². The van der Waals surface area contributed by atoms with Gasteiger partial charge in [-0.3, -0.25) is 9.36 Å². The van der Waals surface area contributed by atoms with E-state index in [9.17, 15) is 9.59 Å². The van der Waals surface area contributed by atoms with Crippen LogP contribution in [0.1, 0.15) is 33.1 Å². The molecule has 8 heteroatoms. The maximum absolute atomic E-state index is 11.5. The van der Waals surface area contributed by atoms with Crippen LogP contribution in [0.2, 0.25) is 0 Å². The van der Waals surface area contributed by atoms with Gasteiger partial charge in [-0.2, -0.15) is 0 Å². The van der Waals surface area contributed by atoms with Crippen LogP contribution in [0.4, 0.5) is 0 Å². The molecule has 4 N–H and O–H groups in total. The number of amides is 1. The number of hydrogen-bond donors (Lipinski definition) is 3. The molecule has 1 rings (SSSR count). The number of rotatable bonds is 10. The van der Waals surface area contributed by atoms with Crippen LogP contribution in [0.5, 0.6) is 0 Å². The molecule has 1 unspecified atom stereocenters. The first-order valence-electron chi connectivity index (χ1n) is 6.90. The SMILES string of the molecule is CCCNC(CCSc1n[nH]c(=O)n1CCC)C(N)=O. The summed E-state index contributed by atoms with van der Waals surface area (Å²) in [4.78, 5) is 22.8. The van der Waals surface area contributed by atoms with Crippen LogP contribution >= 0.6 is 11.8 Å². The summed E-state index contributed by atoms with van der Waals surface area (Å²) in [5.74, 6) is 0.338. The molecule has 0 fully saturated rings. The fourth-order valence-corrected chi connectivity index (χ4v) is 2.74. The molecule has 7 nitrogen and oxygen atoms in total. The molecule has 0 aliphatic carbocycles. The average Bonchev–Trinajstić information content (AvgIpc) is 2.75. The van der Waals surface area contributed by atoms with Crippen molar-refractivity contribution in [2.45, 2.75) is 50.9 Å². The maximum atomic E-state index is 11.5. The second-order valence-electron chi connectivity index (χ2n) is 4.51. The van der Waals surface area contributed by atoms with Crippen molar-refractivity contribution in [3.8, 4) is 0 Å². The normalized spacial score (nSPS) is 12.5. The van der Waals surface area contributed by atoms with Gasteiger partial charge in [-0.25, -0.2) is 9.89 Å². The van der Waals surface area contributed by atoms with Crippen LogP contribution in [0.15, 0.2) is 9.95 Å². The third kappa shape index (κ3) is 5.01. The van der Waals surface area contributed by atoms with E-state index >= 15 is 0 Å². The minimum atomic E-state index is -0.341. The monoisotopic (exact) mass is 301 g/mol. The number of primary amides is 1. The first-order valence-corrected chi connectivity index (χ1v) is 7.89. The van der Waals surface area contributed by atoms with Crippen molar-refractivity contribution < 1.29 is 4.79 Å². The summed E-state index contributed by atoms with van der Waals surface area (Å²) < 4.78 is 1.61. The van der Waals surface area contributed by atoms with Crippen molar-refractivity contribution >= 4 is 17.7 Å². The van der Waals surface area contributed by atoms with Gasteiger partial charge in [-0.1, -0.05) is 25.6 Å². The molecule has 20 heavy (non-hydrogen) atoms. The van der Waals surface area contributed by atoms with Gasteiger partial charge in [0.25, 0.3) is 0 Å². The van der Waals surface area contributed by atoms with E-state index in [1.54, 1.807) is 4.57 Å². The Balaban J connectivity index is 2.50. The zero-order chi connectivity index (χ0) is 15.0. The van der Waals surface area contributed by atoms with E-state index in [0.29, 0.717) is 23.9 Å². The van der Waals surface area contributed by atoms with Crippen LogP contribution in [0.25, 0.3) is 0 Å². The number of carbonyl (C=O) groups excluding carboxylic acids is 1. The third-order valence-corrected chi connectivity index (χ3v) is 3.80. The highest BCUT2D eigenvalue weighted by Gasteiger charge is 2.15. The Morgan fingerprint density at radius 2 is 2.25 bits per heavy atom. The molecular formula is C12H23N5O2S. The number of carbonyl (C=O) groups is 1. The molecule has 1 amide bonds. The number of hydrogen-bond acceptors (Lipinski definition) is 5. The van der Waals surface area contributed by atoms with E-state index in [4.69, 9.17) is 5.73 Å². The van der Waals surface area contributed by atoms with E-state index in [0.717, 1.165) is 19.4 Å². The minimum absolute atomic E-state index is 0.190. The lowest BCUT2D eigenvalue weighted by molar-refractivity contribution is -0.120. The van der Waals surface area contributed by atoms with E-state index in [2.05, 4.69) is 15.5 Å². The summed E-state index contributed by atoms with van der Waals surface area (Å²) in [6.45, 7) is 5.45. The summed E-state index contributed by atoms with van der Waals surface area (Å²) in [6.07, 6.45) is 2.44. The molecule has 0 saturated heterocycles. The molecule has 0 aliphatic heterocycles. The predicted octanol–water partition coefficient (Wildman–Crippen LogP) is 0.317. The Morgan fingerprint density at radius 1 is 1.50 bits per heavy atom. The van der Waals surface area contributed by atoms with Crippen molar-refractivity contribution in [1.82, 2.24) is 20.1 Å². The van der Waals surface area contributed by atoms with Gasteiger partial charge in [0.15, 0.2) is 5.16 Å². The zero-order valence-corrected chi connectivity index (χ0v) is 12.8. The molecule has 1 heterocycles. The lowest BCUT2D eigenvalue weighted by Gasteiger charge is -2.14. The van der Waals surface area contributed by atoms with Gasteiger partial charge < -0.3 is 11.1 Å². The Kier molecular flexibility index (Phi) is 7.38. The number of nitrogens with two attached hydrogens (primary N) is 1. The van der Waals surface area contributed by atoms with Crippen LogP contribution < -0.4 is 16.7 Å². The van der Waals surface area contributed by atoms with Crippen LogP contribution in [0, 0.1) is 0 Å². The predicted molar refractivity (Wildman–Crippen MR) is 79.8 cm³/mol. The van der Waals surface area contributed by atoms with Gasteiger partial charge in [-0.15, -0.1) is 5.10 Å². The Hall–Kier alpha value is -1.28. The summed E-state index contributed by atoms with van der Waals surface area (Å²) in [7, 11) is 0. The summed E-state index contributed by atoms with van der Waals surface area (Å²) in [5, 5.41) is 10.2.